The van der Waals surface area contributed by atoms with Crippen molar-refractivity contribution in [3.8, 4) is 0 Å². The van der Waals surface area contributed by atoms with Gasteiger partial charge in [0.15, 0.2) is 0 Å². The van der Waals surface area contributed by atoms with Crippen LogP contribution in [-0.2, 0) is 6.42 Å². The van der Waals surface area contributed by atoms with Crippen LogP contribution in [0.25, 0.3) is 0 Å². The summed E-state index contributed by atoms with van der Waals surface area (Å²) in [5.74, 6) is 1.28. The van der Waals surface area contributed by atoms with Crippen molar-refractivity contribution >= 4 is 23.5 Å². The zero-order valence-corrected chi connectivity index (χ0v) is 13.2. The number of nitrogens with one attached hydrogen (secondary N) is 3. The lowest BCUT2D eigenvalue weighted by Crippen LogP contribution is -2.10. The van der Waals surface area contributed by atoms with E-state index in [-0.39, 0.29) is 0 Å². The molecule has 5 nitrogen and oxygen atoms in total. The van der Waals surface area contributed by atoms with Crippen LogP contribution >= 0.6 is 0 Å². The molecule has 1 aromatic heterocycles. The quantitative estimate of drug-likeness (QED) is 0.578. The van der Waals surface area contributed by atoms with Gasteiger partial charge < -0.3 is 16.0 Å². The molecule has 24 heavy (non-hydrogen) atoms. The number of anilines is 3. The van der Waals surface area contributed by atoms with Crippen LogP contribution in [0, 0.1) is 5.41 Å². The molecule has 0 spiro atoms. The molecule has 0 aliphatic rings. The highest BCUT2D eigenvalue weighted by molar-refractivity contribution is 5.91. The third-order valence-electron chi connectivity index (χ3n) is 3.61. The van der Waals surface area contributed by atoms with E-state index in [1.54, 1.807) is 0 Å². The summed E-state index contributed by atoms with van der Waals surface area (Å²) in [4.78, 5) is 8.53. The van der Waals surface area contributed by atoms with E-state index in [9.17, 15) is 0 Å². The maximum absolute atomic E-state index is 7.71. The third kappa shape index (κ3) is 3.95. The average molecular weight is 317 g/mol. The predicted octanol–water partition coefficient (Wildman–Crippen LogP) is 3.87. The highest BCUT2D eigenvalue weighted by Crippen LogP contribution is 2.21. The molecule has 0 fully saturated rings. The molecule has 0 unspecified atom stereocenters. The van der Waals surface area contributed by atoms with Gasteiger partial charge in [0.1, 0.15) is 18.0 Å². The summed E-state index contributed by atoms with van der Waals surface area (Å²) >= 11 is 0. The SMILES string of the molecule is N=Cc1c(NCCc2ccccc2)ncnc1Nc1ccccc1. The molecule has 120 valence electrons. The molecule has 0 bridgehead atoms. The molecule has 0 aliphatic heterocycles. The molecule has 0 aliphatic carbocycles. The summed E-state index contributed by atoms with van der Waals surface area (Å²) in [6.07, 6.45) is 3.67. The average Bonchev–Trinajstić information content (AvgIpc) is 2.64. The molecule has 0 saturated heterocycles. The Morgan fingerprint density at radius 2 is 1.54 bits per heavy atom. The summed E-state index contributed by atoms with van der Waals surface area (Å²) in [5, 5.41) is 14.2. The van der Waals surface area contributed by atoms with Crippen molar-refractivity contribution in [1.29, 1.82) is 5.41 Å². The minimum absolute atomic E-state index is 0.619. The Morgan fingerprint density at radius 1 is 0.875 bits per heavy atom. The highest BCUT2D eigenvalue weighted by Gasteiger charge is 2.09. The Morgan fingerprint density at radius 3 is 2.25 bits per heavy atom. The van der Waals surface area contributed by atoms with Gasteiger partial charge in [0.05, 0.1) is 5.56 Å². The Hall–Kier alpha value is -3.21. The molecule has 0 amide bonds. The van der Waals surface area contributed by atoms with E-state index in [2.05, 4.69) is 32.7 Å². The van der Waals surface area contributed by atoms with Crippen molar-refractivity contribution in [3.05, 3.63) is 78.1 Å². The molecular formula is C19H19N5. The van der Waals surface area contributed by atoms with Crippen molar-refractivity contribution in [2.45, 2.75) is 6.42 Å². The minimum Gasteiger partial charge on any atom is -0.369 e. The predicted molar refractivity (Wildman–Crippen MR) is 98.3 cm³/mol. The number of hydrogen-bond donors (Lipinski definition) is 3. The monoisotopic (exact) mass is 317 g/mol. The van der Waals surface area contributed by atoms with Crippen molar-refractivity contribution < 1.29 is 0 Å². The van der Waals surface area contributed by atoms with Gasteiger partial charge in [-0.15, -0.1) is 0 Å². The second-order valence-electron chi connectivity index (χ2n) is 5.28. The van der Waals surface area contributed by atoms with Gasteiger partial charge in [-0.1, -0.05) is 48.5 Å². The van der Waals surface area contributed by atoms with Crippen molar-refractivity contribution in [3.63, 3.8) is 0 Å². The lowest BCUT2D eigenvalue weighted by molar-refractivity contribution is 0.998. The number of nitrogens with zero attached hydrogens (tertiary/aromatic N) is 2. The summed E-state index contributed by atoms with van der Waals surface area (Å²) < 4.78 is 0. The fourth-order valence-corrected chi connectivity index (χ4v) is 2.40. The molecular weight excluding hydrogens is 298 g/mol. The first-order valence-corrected chi connectivity index (χ1v) is 7.82. The number of hydrogen-bond acceptors (Lipinski definition) is 5. The van der Waals surface area contributed by atoms with E-state index in [0.717, 1.165) is 18.7 Å². The topological polar surface area (TPSA) is 73.7 Å². The third-order valence-corrected chi connectivity index (χ3v) is 3.61. The summed E-state index contributed by atoms with van der Waals surface area (Å²) in [6, 6.07) is 20.0. The normalized spacial score (nSPS) is 10.2. The van der Waals surface area contributed by atoms with Crippen LogP contribution in [0.5, 0.6) is 0 Å². The zero-order valence-electron chi connectivity index (χ0n) is 13.2. The zero-order chi connectivity index (χ0) is 16.6. The summed E-state index contributed by atoms with van der Waals surface area (Å²) in [5.41, 5.74) is 2.84. The first kappa shape index (κ1) is 15.7. The smallest absolute Gasteiger partial charge is 0.144 e. The number of rotatable bonds is 7. The number of aromatic nitrogens is 2. The highest BCUT2D eigenvalue weighted by atomic mass is 15.1. The van der Waals surface area contributed by atoms with Gasteiger partial charge >= 0.3 is 0 Å². The minimum atomic E-state index is 0.619. The van der Waals surface area contributed by atoms with Gasteiger partial charge in [-0.05, 0) is 24.1 Å². The first-order chi connectivity index (χ1) is 11.9. The van der Waals surface area contributed by atoms with Gasteiger partial charge in [-0.3, -0.25) is 0 Å². The number of benzene rings is 2. The second-order valence-corrected chi connectivity index (χ2v) is 5.28. The van der Waals surface area contributed by atoms with Gasteiger partial charge in [0, 0.05) is 18.4 Å². The van der Waals surface area contributed by atoms with Crippen LogP contribution in [0.4, 0.5) is 17.3 Å². The standard InChI is InChI=1S/C19H19N5/c20-13-17-18(21-12-11-15-7-3-1-4-8-15)22-14-23-19(17)24-16-9-5-2-6-10-16/h1-10,13-14,20H,11-12H2,(H2,21,22,23,24). The van der Waals surface area contributed by atoms with Crippen molar-refractivity contribution in [1.82, 2.24) is 9.97 Å². The number of para-hydroxylation sites is 1. The van der Waals surface area contributed by atoms with E-state index in [1.807, 2.05) is 48.5 Å². The molecule has 0 radical (unpaired) electrons. The molecule has 1 heterocycles. The van der Waals surface area contributed by atoms with Gasteiger partial charge in [-0.2, -0.15) is 0 Å². The molecule has 0 saturated carbocycles. The van der Waals surface area contributed by atoms with Crippen LogP contribution < -0.4 is 10.6 Å². The molecule has 5 heteroatoms. The van der Waals surface area contributed by atoms with E-state index in [1.165, 1.54) is 18.1 Å². The van der Waals surface area contributed by atoms with Crippen LogP contribution in [0.15, 0.2) is 67.0 Å². The Bertz CT molecular complexity index is 787. The Kier molecular flexibility index (Phi) is 5.14. The Labute approximate surface area is 141 Å². The molecule has 3 aromatic rings. The fraction of sp³-hybridized carbons (Fsp3) is 0.105. The molecule has 3 N–H and O–H groups in total. The summed E-state index contributed by atoms with van der Waals surface area (Å²) in [6.45, 7) is 0.743. The van der Waals surface area contributed by atoms with Crippen LogP contribution in [-0.4, -0.2) is 22.7 Å². The molecule has 0 atom stereocenters. The van der Waals surface area contributed by atoms with E-state index < -0.39 is 0 Å². The van der Waals surface area contributed by atoms with Gasteiger partial charge in [0.25, 0.3) is 0 Å². The fourth-order valence-electron chi connectivity index (χ4n) is 2.40. The summed E-state index contributed by atoms with van der Waals surface area (Å²) in [7, 11) is 0. The molecule has 2 aromatic carbocycles. The first-order valence-electron chi connectivity index (χ1n) is 7.82. The van der Waals surface area contributed by atoms with Gasteiger partial charge in [0.2, 0.25) is 0 Å². The molecule has 3 rings (SSSR count). The van der Waals surface area contributed by atoms with Crippen LogP contribution in [0.3, 0.4) is 0 Å². The van der Waals surface area contributed by atoms with Crippen LogP contribution in [0.2, 0.25) is 0 Å². The lowest BCUT2D eigenvalue weighted by Gasteiger charge is -2.12. The maximum Gasteiger partial charge on any atom is 0.144 e. The van der Waals surface area contributed by atoms with E-state index >= 15 is 0 Å². The second kappa shape index (κ2) is 7.87. The lowest BCUT2D eigenvalue weighted by atomic mass is 10.1. The van der Waals surface area contributed by atoms with Crippen molar-refractivity contribution in [2.75, 3.05) is 17.2 Å². The van der Waals surface area contributed by atoms with Gasteiger partial charge in [-0.25, -0.2) is 9.97 Å². The van der Waals surface area contributed by atoms with Crippen molar-refractivity contribution in [2.24, 2.45) is 0 Å². The maximum atomic E-state index is 7.71. The van der Waals surface area contributed by atoms with E-state index in [0.29, 0.717) is 17.2 Å². The Balaban J connectivity index is 1.71. The van der Waals surface area contributed by atoms with E-state index in [4.69, 9.17) is 5.41 Å². The largest absolute Gasteiger partial charge is 0.369 e. The van der Waals surface area contributed by atoms with Crippen LogP contribution in [0.1, 0.15) is 11.1 Å².